The van der Waals surface area contributed by atoms with Crippen LogP contribution in [0.4, 0.5) is 0 Å². The van der Waals surface area contributed by atoms with Crippen LogP contribution in [-0.2, 0) is 6.54 Å². The average molecular weight is 333 g/mol. The van der Waals surface area contributed by atoms with E-state index in [0.717, 1.165) is 25.2 Å². The molecule has 3 aromatic rings. The minimum Gasteiger partial charge on any atom is -0.461 e. The molecule has 25 heavy (non-hydrogen) atoms. The Morgan fingerprint density at radius 2 is 2.04 bits per heavy atom. The predicted octanol–water partition coefficient (Wildman–Crippen LogP) is 4.42. The zero-order valence-electron chi connectivity index (χ0n) is 14.6. The number of hydrogen-bond acceptors (Lipinski definition) is 4. The van der Waals surface area contributed by atoms with Gasteiger partial charge in [-0.2, -0.15) is 0 Å². The number of benzene rings is 1. The van der Waals surface area contributed by atoms with Crippen LogP contribution in [0.2, 0.25) is 0 Å². The molecule has 0 spiro atoms. The normalized spacial score (nSPS) is 18.4. The predicted molar refractivity (Wildman–Crippen MR) is 98.2 cm³/mol. The summed E-state index contributed by atoms with van der Waals surface area (Å²) in [6.07, 6.45) is 7.99. The van der Waals surface area contributed by atoms with Crippen LogP contribution in [0.1, 0.15) is 35.4 Å². The highest BCUT2D eigenvalue weighted by Crippen LogP contribution is 2.28. The van der Waals surface area contributed by atoms with Gasteiger partial charge in [0.05, 0.1) is 6.26 Å². The molecule has 0 amide bonds. The molecule has 1 atom stereocenters. The highest BCUT2D eigenvalue weighted by molar-refractivity contribution is 5.45. The topological polar surface area (TPSA) is 42.2 Å². The van der Waals surface area contributed by atoms with E-state index in [1.165, 1.54) is 24.0 Å². The maximum absolute atomic E-state index is 5.35. The second-order valence-corrected chi connectivity index (χ2v) is 6.88. The molecule has 0 N–H and O–H groups in total. The summed E-state index contributed by atoms with van der Waals surface area (Å²) in [5.74, 6) is 1.98. The molecule has 2 aromatic heterocycles. The first-order valence-electron chi connectivity index (χ1n) is 8.91. The Kier molecular flexibility index (Phi) is 4.61. The van der Waals surface area contributed by atoms with Crippen molar-refractivity contribution in [1.29, 1.82) is 0 Å². The highest BCUT2D eigenvalue weighted by atomic mass is 16.3. The van der Waals surface area contributed by atoms with Gasteiger partial charge < -0.3 is 4.42 Å². The third-order valence-electron chi connectivity index (χ3n) is 4.87. The molecule has 4 rings (SSSR count). The van der Waals surface area contributed by atoms with E-state index in [1.807, 2.05) is 24.5 Å². The Balaban J connectivity index is 1.42. The van der Waals surface area contributed by atoms with Crippen LogP contribution in [0.3, 0.4) is 0 Å². The van der Waals surface area contributed by atoms with E-state index in [0.29, 0.717) is 17.5 Å². The number of rotatable bonds is 4. The first kappa shape index (κ1) is 16.0. The molecule has 0 radical (unpaired) electrons. The fraction of sp³-hybridized carbons (Fsp3) is 0.333. The van der Waals surface area contributed by atoms with Crippen molar-refractivity contribution in [1.82, 2.24) is 14.9 Å². The molecule has 4 nitrogen and oxygen atoms in total. The van der Waals surface area contributed by atoms with Crippen molar-refractivity contribution >= 4 is 0 Å². The fourth-order valence-corrected chi connectivity index (χ4v) is 3.62. The monoisotopic (exact) mass is 333 g/mol. The second-order valence-electron chi connectivity index (χ2n) is 6.88. The number of hydrogen-bond donors (Lipinski definition) is 0. The van der Waals surface area contributed by atoms with Crippen molar-refractivity contribution in [2.45, 2.75) is 32.2 Å². The lowest BCUT2D eigenvalue weighted by atomic mass is 9.90. The van der Waals surface area contributed by atoms with Gasteiger partial charge in [0.15, 0.2) is 11.6 Å². The van der Waals surface area contributed by atoms with Gasteiger partial charge in [-0.25, -0.2) is 9.97 Å². The lowest BCUT2D eigenvalue weighted by Crippen LogP contribution is -2.34. The van der Waals surface area contributed by atoms with Crippen LogP contribution in [0, 0.1) is 6.92 Å². The molecule has 0 aliphatic carbocycles. The Labute approximate surface area is 148 Å². The largest absolute Gasteiger partial charge is 0.461 e. The van der Waals surface area contributed by atoms with Crippen molar-refractivity contribution in [3.05, 3.63) is 71.7 Å². The van der Waals surface area contributed by atoms with Crippen LogP contribution in [0.15, 0.2) is 59.5 Å². The number of likely N-dealkylation sites (tertiary alicyclic amines) is 1. The quantitative estimate of drug-likeness (QED) is 0.708. The molecule has 0 bridgehead atoms. The van der Waals surface area contributed by atoms with Gasteiger partial charge in [0, 0.05) is 31.0 Å². The summed E-state index contributed by atoms with van der Waals surface area (Å²) in [5.41, 5.74) is 3.96. The molecular formula is C21H23N3O. The van der Waals surface area contributed by atoms with E-state index in [2.05, 4.69) is 46.1 Å². The van der Waals surface area contributed by atoms with E-state index in [4.69, 9.17) is 4.42 Å². The summed E-state index contributed by atoms with van der Waals surface area (Å²) >= 11 is 0. The standard InChI is InChI=1S/C21H23N3O/c1-16-5-2-6-18(11-16)19-7-3-9-24(15-19)14-17-12-22-21(23-13-17)20-8-4-10-25-20/h2,4-6,8,10-13,19H,3,7,9,14-15H2,1H3/t19-/m1/s1. The van der Waals surface area contributed by atoms with Gasteiger partial charge in [-0.3, -0.25) is 4.90 Å². The van der Waals surface area contributed by atoms with Gasteiger partial charge in [-0.15, -0.1) is 0 Å². The van der Waals surface area contributed by atoms with Crippen LogP contribution in [0.25, 0.3) is 11.6 Å². The lowest BCUT2D eigenvalue weighted by molar-refractivity contribution is 0.200. The van der Waals surface area contributed by atoms with Gasteiger partial charge in [-0.05, 0) is 49.9 Å². The maximum atomic E-state index is 5.35. The number of furan rings is 1. The van der Waals surface area contributed by atoms with Crippen molar-refractivity contribution in [2.75, 3.05) is 13.1 Å². The molecule has 1 aliphatic heterocycles. The van der Waals surface area contributed by atoms with Crippen molar-refractivity contribution < 1.29 is 4.42 Å². The third-order valence-corrected chi connectivity index (χ3v) is 4.87. The molecule has 1 fully saturated rings. The molecule has 0 saturated carbocycles. The zero-order valence-corrected chi connectivity index (χ0v) is 14.6. The molecule has 128 valence electrons. The first-order valence-corrected chi connectivity index (χ1v) is 8.91. The summed E-state index contributed by atoms with van der Waals surface area (Å²) in [7, 11) is 0. The first-order chi connectivity index (χ1) is 12.3. The Morgan fingerprint density at radius 3 is 2.80 bits per heavy atom. The minimum atomic E-state index is 0.622. The minimum absolute atomic E-state index is 0.622. The fourth-order valence-electron chi connectivity index (χ4n) is 3.62. The van der Waals surface area contributed by atoms with Gasteiger partial charge in [0.2, 0.25) is 0 Å². The van der Waals surface area contributed by atoms with E-state index in [9.17, 15) is 0 Å². The van der Waals surface area contributed by atoms with Crippen LogP contribution < -0.4 is 0 Å². The van der Waals surface area contributed by atoms with Crippen molar-refractivity contribution in [2.24, 2.45) is 0 Å². The smallest absolute Gasteiger partial charge is 0.195 e. The van der Waals surface area contributed by atoms with Crippen molar-refractivity contribution in [3.63, 3.8) is 0 Å². The van der Waals surface area contributed by atoms with Gasteiger partial charge in [0.1, 0.15) is 0 Å². The van der Waals surface area contributed by atoms with Crippen LogP contribution in [-0.4, -0.2) is 28.0 Å². The third kappa shape index (κ3) is 3.80. The van der Waals surface area contributed by atoms with Gasteiger partial charge >= 0.3 is 0 Å². The zero-order chi connectivity index (χ0) is 17.1. The molecule has 0 unspecified atom stereocenters. The summed E-state index contributed by atoms with van der Waals surface area (Å²) in [5, 5.41) is 0. The average Bonchev–Trinajstić information content (AvgIpc) is 3.17. The maximum Gasteiger partial charge on any atom is 0.195 e. The summed E-state index contributed by atoms with van der Waals surface area (Å²) in [6.45, 7) is 5.31. The SMILES string of the molecule is Cc1cccc([C@@H]2CCCN(Cc3cnc(-c4ccco4)nc3)C2)c1. The van der Waals surface area contributed by atoms with Gasteiger partial charge in [-0.1, -0.05) is 29.8 Å². The lowest BCUT2D eigenvalue weighted by Gasteiger charge is -2.33. The molecule has 1 saturated heterocycles. The van der Waals surface area contributed by atoms with E-state index < -0.39 is 0 Å². The summed E-state index contributed by atoms with van der Waals surface area (Å²) in [4.78, 5) is 11.4. The number of piperidine rings is 1. The van der Waals surface area contributed by atoms with E-state index in [-0.39, 0.29) is 0 Å². The van der Waals surface area contributed by atoms with Crippen LogP contribution in [0.5, 0.6) is 0 Å². The molecule has 1 aromatic carbocycles. The number of aromatic nitrogens is 2. The van der Waals surface area contributed by atoms with Crippen LogP contribution >= 0.6 is 0 Å². The van der Waals surface area contributed by atoms with E-state index >= 15 is 0 Å². The highest BCUT2D eigenvalue weighted by Gasteiger charge is 2.21. The molecule has 3 heterocycles. The molecule has 1 aliphatic rings. The number of nitrogens with zero attached hydrogens (tertiary/aromatic N) is 3. The second kappa shape index (κ2) is 7.19. The Hall–Kier alpha value is -2.46. The molecule has 4 heteroatoms. The number of aryl methyl sites for hydroxylation is 1. The Morgan fingerprint density at radius 1 is 1.16 bits per heavy atom. The van der Waals surface area contributed by atoms with Gasteiger partial charge in [0.25, 0.3) is 0 Å². The summed E-state index contributed by atoms with van der Waals surface area (Å²) in [6, 6.07) is 12.7. The summed E-state index contributed by atoms with van der Waals surface area (Å²) < 4.78 is 5.35. The molecular weight excluding hydrogens is 310 g/mol. The van der Waals surface area contributed by atoms with E-state index in [1.54, 1.807) is 6.26 Å². The van der Waals surface area contributed by atoms with Crippen molar-refractivity contribution in [3.8, 4) is 11.6 Å². The Bertz CT molecular complexity index is 811.